The fourth-order valence-corrected chi connectivity index (χ4v) is 14.9. The Kier molecular flexibility index (Phi) is 32.7. The molecule has 0 aliphatic carbocycles. The van der Waals surface area contributed by atoms with Crippen molar-refractivity contribution in [1.82, 2.24) is 0 Å². The van der Waals surface area contributed by atoms with Gasteiger partial charge in [-0.15, -0.1) is 23.5 Å². The lowest BCUT2D eigenvalue weighted by molar-refractivity contribution is -0.419. The lowest BCUT2D eigenvalue weighted by atomic mass is 10.4. The van der Waals surface area contributed by atoms with Crippen molar-refractivity contribution in [2.45, 2.75) is 17.7 Å². The normalized spacial score (nSPS) is 12.3. The Bertz CT molecular complexity index is 1350. The van der Waals surface area contributed by atoms with E-state index in [0.717, 1.165) is 87.0 Å². The van der Waals surface area contributed by atoms with E-state index in [0.29, 0.717) is 20.8 Å². The molecule has 0 fully saturated rings. The van der Waals surface area contributed by atoms with Crippen molar-refractivity contribution in [3.05, 3.63) is 88.6 Å². The Hall–Kier alpha value is 2.45. The van der Waals surface area contributed by atoms with Gasteiger partial charge in [-0.3, -0.25) is 20.2 Å². The Labute approximate surface area is 377 Å². The van der Waals surface area contributed by atoms with Crippen LogP contribution in [0.2, 0.25) is 5.02 Å². The number of halogens is 8. The molecular formula is C28H32Cl8N2O4S9. The van der Waals surface area contributed by atoms with E-state index in [1.54, 1.807) is 36.0 Å². The topological polar surface area (TPSA) is 86.3 Å². The van der Waals surface area contributed by atoms with Crippen molar-refractivity contribution in [3.63, 3.8) is 0 Å². The van der Waals surface area contributed by atoms with Gasteiger partial charge in [0, 0.05) is 55.9 Å². The number of allylic oxidation sites excluding steroid dienone is 2. The van der Waals surface area contributed by atoms with Crippen molar-refractivity contribution in [1.29, 1.82) is 0 Å². The van der Waals surface area contributed by atoms with Crippen LogP contribution >= 0.6 is 197 Å². The predicted octanol–water partition coefficient (Wildman–Crippen LogP) is 14.9. The quantitative estimate of drug-likeness (QED) is 0.0191. The van der Waals surface area contributed by atoms with Crippen molar-refractivity contribution in [2.24, 2.45) is 0 Å². The second-order valence-corrected chi connectivity index (χ2v) is 23.8. The van der Waals surface area contributed by atoms with E-state index in [4.69, 9.17) is 92.8 Å². The predicted molar refractivity (Wildman–Crippen MR) is 249 cm³/mol. The third kappa shape index (κ3) is 24.7. The highest BCUT2D eigenvalue weighted by Crippen LogP contribution is 2.42. The highest BCUT2D eigenvalue weighted by atomic mass is 35.5. The van der Waals surface area contributed by atoms with Gasteiger partial charge >= 0.3 is 11.4 Å². The average Bonchev–Trinajstić information content (AvgIpc) is 3.07. The van der Waals surface area contributed by atoms with Gasteiger partial charge in [-0.05, 0) is 60.1 Å². The van der Waals surface area contributed by atoms with Crippen LogP contribution < -0.4 is 0 Å². The van der Waals surface area contributed by atoms with Crippen LogP contribution in [0.15, 0.2) is 68.2 Å². The summed E-state index contributed by atoms with van der Waals surface area (Å²) in [5.74, 6) is 11.7. The minimum absolute atomic E-state index is 0.0334. The van der Waals surface area contributed by atoms with E-state index in [9.17, 15) is 20.2 Å². The largest absolute Gasteiger partial charge is 0.315 e. The number of rotatable bonds is 29. The molecule has 0 spiro atoms. The number of benzene rings is 1. The standard InChI is InChI=1S/C28H32Cl8N2O4S9/c29-19-3-5-20(6-4-19)51-28(24(38(41)42)22(31)26(34)35)48-16-12-44-8-2-10-46-14-18-50-49-17-13-45-9-1-7-43-11-15-47-27(36)23(37(39)40)21(30)25(32)33/h3-6H,1-2,7-18H2/b27-23-,28-24-. The maximum atomic E-state index is 11.8. The summed E-state index contributed by atoms with van der Waals surface area (Å²) in [6.07, 6.45) is 2.21. The summed E-state index contributed by atoms with van der Waals surface area (Å²) in [7, 11) is 3.84. The Balaban J connectivity index is 2.09. The summed E-state index contributed by atoms with van der Waals surface area (Å²) >= 11 is 57.9. The summed E-state index contributed by atoms with van der Waals surface area (Å²) < 4.78 is -0.354. The SMILES string of the molecule is O=[N+]([O-])/C(C(Cl)=C(Cl)Cl)=C(/SCCSCCCSCCSSCCSCCCSCCS/C(Cl)=C(/C(Cl)=C(Cl)Cl)[N+](=O)[O-])Sc1ccc(Cl)cc1. The van der Waals surface area contributed by atoms with Crippen LogP contribution in [0.25, 0.3) is 0 Å². The summed E-state index contributed by atoms with van der Waals surface area (Å²) in [6.45, 7) is 0. The molecule has 0 saturated heterocycles. The maximum absolute atomic E-state index is 11.8. The molecule has 1 rings (SSSR count). The van der Waals surface area contributed by atoms with Gasteiger partial charge in [0.05, 0.1) is 9.85 Å². The molecule has 288 valence electrons. The van der Waals surface area contributed by atoms with E-state index in [-0.39, 0.29) is 24.6 Å². The summed E-state index contributed by atoms with van der Waals surface area (Å²) in [6, 6.07) is 7.03. The molecule has 23 heteroatoms. The third-order valence-corrected chi connectivity index (χ3v) is 18.9. The van der Waals surface area contributed by atoms with Crippen LogP contribution in [0, 0.1) is 20.2 Å². The molecular weight excluding hydrogens is 1000 g/mol. The molecule has 1 aromatic carbocycles. The van der Waals surface area contributed by atoms with Crippen molar-refractivity contribution in [2.75, 3.05) is 69.0 Å². The summed E-state index contributed by atoms with van der Waals surface area (Å²) in [5.41, 5.74) is -0.779. The number of nitro groups is 2. The summed E-state index contributed by atoms with van der Waals surface area (Å²) in [5, 5.41) is 22.9. The Morgan fingerprint density at radius 2 is 0.961 bits per heavy atom. The molecule has 0 radical (unpaired) electrons. The zero-order valence-corrected chi connectivity index (χ0v) is 39.8. The molecule has 51 heavy (non-hydrogen) atoms. The molecule has 0 heterocycles. The Morgan fingerprint density at radius 3 is 1.39 bits per heavy atom. The monoisotopic (exact) mass is 1030 g/mol. The molecule has 6 nitrogen and oxygen atoms in total. The highest BCUT2D eigenvalue weighted by molar-refractivity contribution is 8.76. The zero-order chi connectivity index (χ0) is 38.0. The van der Waals surface area contributed by atoms with Gasteiger partial charge < -0.3 is 0 Å². The fourth-order valence-electron chi connectivity index (χ4n) is 3.11. The molecule has 0 amide bonds. The molecule has 0 aliphatic rings. The number of thioether (sulfide) groups is 7. The second kappa shape index (κ2) is 32.4. The first-order chi connectivity index (χ1) is 24.4. The first-order valence-electron chi connectivity index (χ1n) is 14.5. The van der Waals surface area contributed by atoms with Gasteiger partial charge in [0.25, 0.3) is 0 Å². The van der Waals surface area contributed by atoms with Crippen molar-refractivity contribution >= 4 is 197 Å². The van der Waals surface area contributed by atoms with Gasteiger partial charge in [-0.1, -0.05) is 126 Å². The molecule has 0 aromatic heterocycles. The van der Waals surface area contributed by atoms with E-state index in [1.165, 1.54) is 23.5 Å². The third-order valence-electron chi connectivity index (χ3n) is 5.29. The molecule has 0 atom stereocenters. The minimum atomic E-state index is -0.686. The zero-order valence-electron chi connectivity index (χ0n) is 26.4. The van der Waals surface area contributed by atoms with Crippen molar-refractivity contribution in [3.8, 4) is 0 Å². The molecule has 1 aromatic rings. The van der Waals surface area contributed by atoms with Crippen molar-refractivity contribution < 1.29 is 9.85 Å². The van der Waals surface area contributed by atoms with Crippen LogP contribution in [-0.2, 0) is 0 Å². The molecule has 0 saturated carbocycles. The van der Waals surface area contributed by atoms with Gasteiger partial charge in [-0.25, -0.2) is 0 Å². The van der Waals surface area contributed by atoms with Crippen LogP contribution in [0.5, 0.6) is 0 Å². The first kappa shape index (κ1) is 51.5. The average molecular weight is 1030 g/mol. The molecule has 0 bridgehead atoms. The van der Waals surface area contributed by atoms with Crippen LogP contribution in [0.1, 0.15) is 12.8 Å². The maximum Gasteiger partial charge on any atom is 0.315 e. The Morgan fingerprint density at radius 1 is 0.549 bits per heavy atom. The lowest BCUT2D eigenvalue weighted by Gasteiger charge is -2.09. The van der Waals surface area contributed by atoms with Crippen LogP contribution in [0.3, 0.4) is 0 Å². The highest BCUT2D eigenvalue weighted by Gasteiger charge is 2.27. The number of hydrogen-bond donors (Lipinski definition) is 0. The van der Waals surface area contributed by atoms with Gasteiger partial charge in [0.2, 0.25) is 0 Å². The molecule has 0 N–H and O–H groups in total. The molecule has 0 aliphatic heterocycles. The smallest absolute Gasteiger partial charge is 0.258 e. The summed E-state index contributed by atoms with van der Waals surface area (Å²) in [4.78, 5) is 22.6. The first-order valence-corrected chi connectivity index (χ1v) is 27.4. The van der Waals surface area contributed by atoms with Gasteiger partial charge in [-0.2, -0.15) is 47.0 Å². The van der Waals surface area contributed by atoms with Crippen LogP contribution in [-0.4, -0.2) is 78.9 Å². The minimum Gasteiger partial charge on any atom is -0.258 e. The van der Waals surface area contributed by atoms with E-state index < -0.39 is 20.0 Å². The van der Waals surface area contributed by atoms with Gasteiger partial charge in [0.1, 0.15) is 13.2 Å². The van der Waals surface area contributed by atoms with Gasteiger partial charge in [0.15, 0.2) is 14.4 Å². The molecule has 0 unspecified atom stereocenters. The lowest BCUT2D eigenvalue weighted by Crippen LogP contribution is -2.03. The van der Waals surface area contributed by atoms with E-state index in [2.05, 4.69) is 0 Å². The number of hydrogen-bond acceptors (Lipinski definition) is 13. The van der Waals surface area contributed by atoms with E-state index >= 15 is 0 Å². The van der Waals surface area contributed by atoms with E-state index in [1.807, 2.05) is 56.9 Å². The van der Waals surface area contributed by atoms with Crippen LogP contribution in [0.4, 0.5) is 0 Å². The fraction of sp³-hybridized carbons (Fsp3) is 0.500. The number of nitrogens with zero attached hydrogens (tertiary/aromatic N) is 2. The second-order valence-electron chi connectivity index (χ2n) is 8.97.